The molecule has 27 heavy (non-hydrogen) atoms. The largest absolute Gasteiger partial charge is 0.330 e. The Hall–Kier alpha value is -3.11. The number of nitrogens with one attached hydrogen (secondary N) is 1. The van der Waals surface area contributed by atoms with E-state index in [1.54, 1.807) is 30.5 Å². The van der Waals surface area contributed by atoms with Crippen LogP contribution in [0.25, 0.3) is 10.8 Å². The van der Waals surface area contributed by atoms with E-state index in [9.17, 15) is 14.5 Å². The molecule has 0 bridgehead atoms. The third kappa shape index (κ3) is 3.71. The van der Waals surface area contributed by atoms with Gasteiger partial charge in [0.15, 0.2) is 4.34 Å². The lowest BCUT2D eigenvalue weighted by molar-refractivity contribution is -0.383. The molecule has 4 aromatic rings. The van der Waals surface area contributed by atoms with Gasteiger partial charge in [-0.25, -0.2) is 4.39 Å². The summed E-state index contributed by atoms with van der Waals surface area (Å²) in [5.41, 5.74) is 0.586. The van der Waals surface area contributed by atoms with Crippen molar-refractivity contribution >= 4 is 50.4 Å². The highest BCUT2D eigenvalue weighted by molar-refractivity contribution is 8.01. The van der Waals surface area contributed by atoms with Crippen molar-refractivity contribution in [3.63, 3.8) is 0 Å². The van der Waals surface area contributed by atoms with Crippen LogP contribution in [-0.2, 0) is 0 Å². The zero-order chi connectivity index (χ0) is 18.8. The zero-order valence-electron chi connectivity index (χ0n) is 13.5. The topological polar surface area (TPSA) is 93.8 Å². The van der Waals surface area contributed by atoms with E-state index in [4.69, 9.17) is 0 Å². The van der Waals surface area contributed by atoms with Crippen molar-refractivity contribution in [3.05, 3.63) is 70.8 Å². The fourth-order valence-corrected chi connectivity index (χ4v) is 4.35. The Kier molecular flexibility index (Phi) is 4.65. The summed E-state index contributed by atoms with van der Waals surface area (Å²) in [6.07, 6.45) is 3.07. The number of hydrogen-bond acceptors (Lipinski definition) is 8. The highest BCUT2D eigenvalue weighted by Gasteiger charge is 2.16. The van der Waals surface area contributed by atoms with E-state index in [1.165, 1.54) is 47.5 Å². The molecule has 0 amide bonds. The second-order valence-corrected chi connectivity index (χ2v) is 7.64. The van der Waals surface area contributed by atoms with Gasteiger partial charge in [0, 0.05) is 34.4 Å². The molecule has 0 radical (unpaired) electrons. The summed E-state index contributed by atoms with van der Waals surface area (Å²) in [4.78, 5) is 15.6. The zero-order valence-corrected chi connectivity index (χ0v) is 15.1. The second kappa shape index (κ2) is 7.25. The quantitative estimate of drug-likeness (QED) is 0.371. The van der Waals surface area contributed by atoms with E-state index in [2.05, 4.69) is 20.5 Å². The predicted octanol–water partition coefficient (Wildman–Crippen LogP) is 5.03. The minimum Gasteiger partial charge on any atom is -0.330 e. The van der Waals surface area contributed by atoms with Gasteiger partial charge in [0.05, 0.1) is 10.3 Å². The Bertz CT molecular complexity index is 1150. The number of benzene rings is 2. The molecule has 2 aromatic heterocycles. The molecule has 2 aromatic carbocycles. The van der Waals surface area contributed by atoms with Crippen molar-refractivity contribution in [3.8, 4) is 0 Å². The Labute approximate surface area is 160 Å². The molecule has 0 saturated heterocycles. The molecule has 10 heteroatoms. The van der Waals surface area contributed by atoms with E-state index in [0.29, 0.717) is 20.5 Å². The average Bonchev–Trinajstić information content (AvgIpc) is 3.08. The van der Waals surface area contributed by atoms with Crippen molar-refractivity contribution in [1.29, 1.82) is 0 Å². The molecule has 0 saturated carbocycles. The lowest BCUT2D eigenvalue weighted by Crippen LogP contribution is -1.91. The first-order valence-electron chi connectivity index (χ1n) is 7.65. The van der Waals surface area contributed by atoms with Crippen LogP contribution in [0.2, 0.25) is 0 Å². The number of pyridine rings is 1. The van der Waals surface area contributed by atoms with Crippen LogP contribution in [0.5, 0.6) is 0 Å². The van der Waals surface area contributed by atoms with E-state index in [1.807, 2.05) is 0 Å². The van der Waals surface area contributed by atoms with Gasteiger partial charge in [-0.3, -0.25) is 15.1 Å². The predicted molar refractivity (Wildman–Crippen MR) is 102 cm³/mol. The summed E-state index contributed by atoms with van der Waals surface area (Å²) in [5.74, 6) is -0.343. The third-order valence-electron chi connectivity index (χ3n) is 3.63. The van der Waals surface area contributed by atoms with E-state index >= 15 is 0 Å². The number of fused-ring (bicyclic) bond motifs is 1. The highest BCUT2D eigenvalue weighted by Crippen LogP contribution is 2.39. The molecule has 0 spiro atoms. The summed E-state index contributed by atoms with van der Waals surface area (Å²) in [6, 6.07) is 10.9. The van der Waals surface area contributed by atoms with Crippen LogP contribution in [-0.4, -0.2) is 20.1 Å². The van der Waals surface area contributed by atoms with E-state index in [0.717, 1.165) is 10.3 Å². The molecule has 4 rings (SSSR count). The maximum absolute atomic E-state index is 13.3. The van der Waals surface area contributed by atoms with Crippen LogP contribution < -0.4 is 5.32 Å². The Morgan fingerprint density at radius 3 is 2.85 bits per heavy atom. The van der Waals surface area contributed by atoms with Crippen molar-refractivity contribution < 1.29 is 9.31 Å². The van der Waals surface area contributed by atoms with E-state index < -0.39 is 4.92 Å². The van der Waals surface area contributed by atoms with Crippen LogP contribution in [0.1, 0.15) is 0 Å². The molecule has 0 aliphatic rings. The summed E-state index contributed by atoms with van der Waals surface area (Å²) in [5, 5.41) is 24.1. The maximum atomic E-state index is 13.3. The number of aromatic nitrogens is 3. The lowest BCUT2D eigenvalue weighted by Gasteiger charge is -2.04. The van der Waals surface area contributed by atoms with Crippen LogP contribution in [0.4, 0.5) is 20.9 Å². The average molecular weight is 399 g/mol. The number of hydrogen-bond donors (Lipinski definition) is 1. The van der Waals surface area contributed by atoms with Crippen LogP contribution in [0.3, 0.4) is 0 Å². The van der Waals surface area contributed by atoms with Crippen molar-refractivity contribution in [2.45, 2.75) is 9.24 Å². The van der Waals surface area contributed by atoms with Gasteiger partial charge in [-0.15, -0.1) is 10.2 Å². The minimum atomic E-state index is -0.426. The lowest BCUT2D eigenvalue weighted by atomic mass is 10.1. The van der Waals surface area contributed by atoms with Crippen molar-refractivity contribution in [2.24, 2.45) is 0 Å². The second-order valence-electron chi connectivity index (χ2n) is 5.37. The van der Waals surface area contributed by atoms with Gasteiger partial charge in [-0.2, -0.15) is 0 Å². The smallest absolute Gasteiger partial charge is 0.278 e. The van der Waals surface area contributed by atoms with Gasteiger partial charge < -0.3 is 5.32 Å². The third-order valence-corrected chi connectivity index (χ3v) is 5.60. The van der Waals surface area contributed by atoms with Crippen LogP contribution >= 0.6 is 23.1 Å². The van der Waals surface area contributed by atoms with Crippen molar-refractivity contribution in [1.82, 2.24) is 15.2 Å². The molecule has 0 fully saturated rings. The molecule has 2 heterocycles. The number of nitro benzene ring substituents is 1. The van der Waals surface area contributed by atoms with Gasteiger partial charge in [-0.05, 0) is 30.3 Å². The molecule has 134 valence electrons. The Balaban J connectivity index is 1.61. The van der Waals surface area contributed by atoms with Crippen molar-refractivity contribution in [2.75, 3.05) is 5.32 Å². The first-order valence-corrected chi connectivity index (χ1v) is 9.28. The molecular formula is C17H10FN5O2S2. The summed E-state index contributed by atoms with van der Waals surface area (Å²) >= 11 is 2.66. The minimum absolute atomic E-state index is 0.00757. The number of nitrogens with zero attached hydrogens (tertiary/aromatic N) is 4. The first kappa shape index (κ1) is 17.3. The molecule has 1 N–H and O–H groups in total. The van der Waals surface area contributed by atoms with Gasteiger partial charge >= 0.3 is 0 Å². The molecule has 0 aliphatic heterocycles. The fraction of sp³-hybridized carbons (Fsp3) is 0. The molecule has 0 aliphatic carbocycles. The van der Waals surface area contributed by atoms with Crippen LogP contribution in [0.15, 0.2) is 64.1 Å². The SMILES string of the molecule is O=[N+]([O-])c1ccc(Sc2nnc(Nc3cccc(F)c3)s2)c2ccncc12. The first-order chi connectivity index (χ1) is 13.1. The number of rotatable bonds is 5. The van der Waals surface area contributed by atoms with Gasteiger partial charge in [0.2, 0.25) is 5.13 Å². The fourth-order valence-electron chi connectivity index (χ4n) is 2.48. The summed E-state index contributed by atoms with van der Waals surface area (Å²) < 4.78 is 13.9. The normalized spacial score (nSPS) is 10.9. The Morgan fingerprint density at radius 2 is 2.04 bits per heavy atom. The maximum Gasteiger partial charge on any atom is 0.278 e. The number of non-ortho nitro benzene ring substituents is 1. The molecule has 0 unspecified atom stereocenters. The summed E-state index contributed by atoms with van der Waals surface area (Å²) in [6.45, 7) is 0. The Morgan fingerprint density at radius 1 is 1.15 bits per heavy atom. The van der Waals surface area contributed by atoms with Gasteiger partial charge in [0.1, 0.15) is 5.82 Å². The number of nitro groups is 1. The molecule has 0 atom stereocenters. The van der Waals surface area contributed by atoms with Gasteiger partial charge in [0.25, 0.3) is 5.69 Å². The number of halogens is 1. The van der Waals surface area contributed by atoms with Crippen LogP contribution in [0, 0.1) is 15.9 Å². The standard InChI is InChI=1S/C17H10FN5O2S2/c18-10-2-1-3-11(8-10)20-16-21-22-17(27-16)26-15-5-4-14(23(24)25)13-9-19-7-6-12(13)15/h1-9H,(H,20,21). The van der Waals surface area contributed by atoms with E-state index in [-0.39, 0.29) is 11.5 Å². The summed E-state index contributed by atoms with van der Waals surface area (Å²) in [7, 11) is 0. The molecule has 7 nitrogen and oxygen atoms in total. The van der Waals surface area contributed by atoms with Gasteiger partial charge in [-0.1, -0.05) is 29.2 Å². The monoisotopic (exact) mass is 399 g/mol. The molecular weight excluding hydrogens is 389 g/mol. The highest BCUT2D eigenvalue weighted by atomic mass is 32.2. The number of anilines is 2.